The van der Waals surface area contributed by atoms with Crippen LogP contribution in [0.3, 0.4) is 0 Å². The third-order valence-corrected chi connectivity index (χ3v) is 4.04. The van der Waals surface area contributed by atoms with Crippen LogP contribution in [0.1, 0.15) is 32.1 Å². The molecule has 1 aliphatic rings. The van der Waals surface area contributed by atoms with Gasteiger partial charge >= 0.3 is 0 Å². The highest BCUT2D eigenvalue weighted by molar-refractivity contribution is 7.98. The molecule has 0 bridgehead atoms. The van der Waals surface area contributed by atoms with Crippen LogP contribution in [0, 0.1) is 5.92 Å². The number of alkyl halides is 1. The number of halogens is 1. The van der Waals surface area contributed by atoms with Crippen LogP contribution in [0.4, 0.5) is 0 Å². The lowest BCUT2D eigenvalue weighted by molar-refractivity contribution is 0.346. The minimum absolute atomic E-state index is 0.461. The van der Waals surface area contributed by atoms with E-state index in [2.05, 4.69) is 11.6 Å². The van der Waals surface area contributed by atoms with Gasteiger partial charge in [0.15, 0.2) is 0 Å². The van der Waals surface area contributed by atoms with Crippen molar-refractivity contribution in [2.24, 2.45) is 5.92 Å². The van der Waals surface area contributed by atoms with Crippen molar-refractivity contribution < 1.29 is 0 Å². The van der Waals surface area contributed by atoms with Crippen molar-refractivity contribution in [2.45, 2.75) is 37.5 Å². The Morgan fingerprint density at radius 3 is 2.64 bits per heavy atom. The summed E-state index contributed by atoms with van der Waals surface area (Å²) in [5.74, 6) is 2.17. The Balaban J connectivity index is 1.91. The maximum atomic E-state index is 6.06. The summed E-state index contributed by atoms with van der Waals surface area (Å²) >= 11 is 7.99. The summed E-state index contributed by atoms with van der Waals surface area (Å²) in [6.07, 6.45) is 8.55. The normalized spacial score (nSPS) is 27.9. The minimum Gasteiger partial charge on any atom is -0.316 e. The van der Waals surface area contributed by atoms with Crippen LogP contribution < -0.4 is 5.32 Å². The molecule has 0 aromatic carbocycles. The number of nitrogens with one attached hydrogen (secondary N) is 1. The zero-order valence-corrected chi connectivity index (χ0v) is 10.7. The quantitative estimate of drug-likeness (QED) is 0.561. The van der Waals surface area contributed by atoms with Gasteiger partial charge in [-0.05, 0) is 63.1 Å². The molecular formula is C11H22ClNS. The average Bonchev–Trinajstić information content (AvgIpc) is 2.21. The van der Waals surface area contributed by atoms with Crippen LogP contribution in [-0.4, -0.2) is 30.5 Å². The van der Waals surface area contributed by atoms with Crippen molar-refractivity contribution in [3.8, 4) is 0 Å². The molecule has 1 rings (SSSR count). The van der Waals surface area contributed by atoms with E-state index in [0.717, 1.165) is 5.92 Å². The molecule has 1 fully saturated rings. The number of hydrogen-bond acceptors (Lipinski definition) is 2. The van der Waals surface area contributed by atoms with Gasteiger partial charge in [0.25, 0.3) is 0 Å². The van der Waals surface area contributed by atoms with E-state index in [0.29, 0.717) is 5.38 Å². The lowest BCUT2D eigenvalue weighted by Crippen LogP contribution is -2.27. The number of thioether (sulfide) groups is 1. The van der Waals surface area contributed by atoms with Gasteiger partial charge in [-0.25, -0.2) is 0 Å². The molecule has 0 spiro atoms. The second-order valence-corrected chi connectivity index (χ2v) is 5.77. The molecule has 0 aromatic heterocycles. The molecule has 14 heavy (non-hydrogen) atoms. The highest BCUT2D eigenvalue weighted by Gasteiger charge is 2.18. The second-order valence-electron chi connectivity index (χ2n) is 4.17. The van der Waals surface area contributed by atoms with E-state index >= 15 is 0 Å². The molecule has 0 aromatic rings. The Hall–Kier alpha value is 0.600. The lowest BCUT2D eigenvalue weighted by Gasteiger charge is -2.25. The number of rotatable bonds is 6. The van der Waals surface area contributed by atoms with Crippen LogP contribution in [0.5, 0.6) is 0 Å². The van der Waals surface area contributed by atoms with Crippen molar-refractivity contribution in [3.05, 3.63) is 0 Å². The van der Waals surface area contributed by atoms with E-state index in [1.165, 1.54) is 50.9 Å². The van der Waals surface area contributed by atoms with E-state index < -0.39 is 0 Å². The Morgan fingerprint density at radius 2 is 2.00 bits per heavy atom. The number of hydrogen-bond donors (Lipinski definition) is 1. The molecular weight excluding hydrogens is 214 g/mol. The van der Waals surface area contributed by atoms with Crippen molar-refractivity contribution >= 4 is 23.4 Å². The van der Waals surface area contributed by atoms with Gasteiger partial charge in [-0.2, -0.15) is 11.8 Å². The Bertz CT molecular complexity index is 135. The molecule has 3 heteroatoms. The first-order valence-electron chi connectivity index (χ1n) is 5.66. The van der Waals surface area contributed by atoms with Gasteiger partial charge in [0.2, 0.25) is 0 Å². The fraction of sp³-hybridized carbons (Fsp3) is 1.00. The van der Waals surface area contributed by atoms with E-state index in [9.17, 15) is 0 Å². The van der Waals surface area contributed by atoms with Crippen LogP contribution >= 0.6 is 23.4 Å². The Labute approximate surface area is 97.4 Å². The lowest BCUT2D eigenvalue weighted by atomic mass is 9.89. The van der Waals surface area contributed by atoms with Crippen LogP contribution in [0.2, 0.25) is 0 Å². The summed E-state index contributed by atoms with van der Waals surface area (Å²) < 4.78 is 0. The van der Waals surface area contributed by atoms with E-state index in [-0.39, 0.29) is 0 Å². The zero-order valence-electron chi connectivity index (χ0n) is 9.10. The predicted octanol–water partition coefficient (Wildman–Crippen LogP) is 3.13. The average molecular weight is 236 g/mol. The summed E-state index contributed by atoms with van der Waals surface area (Å²) in [6, 6.07) is 0. The molecule has 84 valence electrons. The van der Waals surface area contributed by atoms with E-state index in [1.807, 2.05) is 11.8 Å². The molecule has 1 aliphatic carbocycles. The standard InChI is InChI=1S/C11H22ClNS/c1-14-8-2-7-13-9-10-3-5-11(12)6-4-10/h10-11,13H,2-9H2,1H3. The van der Waals surface area contributed by atoms with Gasteiger partial charge in [0, 0.05) is 5.38 Å². The van der Waals surface area contributed by atoms with Gasteiger partial charge in [-0.1, -0.05) is 0 Å². The van der Waals surface area contributed by atoms with Crippen LogP contribution in [0.15, 0.2) is 0 Å². The molecule has 0 amide bonds. The largest absolute Gasteiger partial charge is 0.316 e. The van der Waals surface area contributed by atoms with E-state index in [4.69, 9.17) is 11.6 Å². The summed E-state index contributed by atoms with van der Waals surface area (Å²) in [7, 11) is 0. The highest BCUT2D eigenvalue weighted by Crippen LogP contribution is 2.26. The molecule has 1 N–H and O–H groups in total. The summed E-state index contributed by atoms with van der Waals surface area (Å²) in [4.78, 5) is 0. The third-order valence-electron chi connectivity index (χ3n) is 2.91. The highest BCUT2D eigenvalue weighted by atomic mass is 35.5. The molecule has 0 unspecified atom stereocenters. The first-order chi connectivity index (χ1) is 6.83. The zero-order chi connectivity index (χ0) is 10.2. The van der Waals surface area contributed by atoms with Crippen molar-refractivity contribution in [1.29, 1.82) is 0 Å². The van der Waals surface area contributed by atoms with Crippen molar-refractivity contribution in [1.82, 2.24) is 5.32 Å². The molecule has 0 aliphatic heterocycles. The van der Waals surface area contributed by atoms with Crippen molar-refractivity contribution in [2.75, 3.05) is 25.1 Å². The van der Waals surface area contributed by atoms with Crippen molar-refractivity contribution in [3.63, 3.8) is 0 Å². The summed E-state index contributed by atoms with van der Waals surface area (Å²) in [5, 5.41) is 4.01. The predicted molar refractivity (Wildman–Crippen MR) is 67.5 cm³/mol. The summed E-state index contributed by atoms with van der Waals surface area (Å²) in [6.45, 7) is 2.39. The first-order valence-corrected chi connectivity index (χ1v) is 7.49. The topological polar surface area (TPSA) is 12.0 Å². The Kier molecular flexibility index (Phi) is 7.09. The molecule has 0 saturated heterocycles. The fourth-order valence-corrected chi connectivity index (χ4v) is 2.66. The molecule has 0 atom stereocenters. The molecule has 1 saturated carbocycles. The van der Waals surface area contributed by atoms with Crippen LogP contribution in [0.25, 0.3) is 0 Å². The molecule has 0 radical (unpaired) electrons. The Morgan fingerprint density at radius 1 is 1.29 bits per heavy atom. The second kappa shape index (κ2) is 7.84. The van der Waals surface area contributed by atoms with Gasteiger partial charge < -0.3 is 5.32 Å². The SMILES string of the molecule is CSCCCNCC1CCC(Cl)CC1. The minimum atomic E-state index is 0.461. The summed E-state index contributed by atoms with van der Waals surface area (Å²) in [5.41, 5.74) is 0. The maximum Gasteiger partial charge on any atom is 0.0336 e. The molecule has 0 heterocycles. The van der Waals surface area contributed by atoms with Gasteiger partial charge in [-0.3, -0.25) is 0 Å². The van der Waals surface area contributed by atoms with E-state index in [1.54, 1.807) is 0 Å². The van der Waals surface area contributed by atoms with Gasteiger partial charge in [0.1, 0.15) is 0 Å². The maximum absolute atomic E-state index is 6.06. The third kappa shape index (κ3) is 5.47. The molecule has 1 nitrogen and oxygen atoms in total. The first kappa shape index (κ1) is 12.7. The van der Waals surface area contributed by atoms with Gasteiger partial charge in [-0.15, -0.1) is 11.6 Å². The fourth-order valence-electron chi connectivity index (χ4n) is 1.97. The van der Waals surface area contributed by atoms with Gasteiger partial charge in [0.05, 0.1) is 0 Å². The smallest absolute Gasteiger partial charge is 0.0336 e. The monoisotopic (exact) mass is 235 g/mol. The van der Waals surface area contributed by atoms with Crippen LogP contribution in [-0.2, 0) is 0 Å².